The van der Waals surface area contributed by atoms with Crippen molar-refractivity contribution >= 4 is 0 Å². The standard InChI is InChI=1S/C22H22FN3O/c1-15-24-21-3-2-12-26(13-16-4-8-18(23)9-5-16)14-20(21)22(25-15)17-6-10-19(27)11-7-17/h4-11,27H,2-3,12-14H2,1H3. The van der Waals surface area contributed by atoms with Gasteiger partial charge in [0.15, 0.2) is 0 Å². The minimum Gasteiger partial charge on any atom is -0.508 e. The second-order valence-corrected chi connectivity index (χ2v) is 7.03. The van der Waals surface area contributed by atoms with Gasteiger partial charge in [0, 0.05) is 29.9 Å². The smallest absolute Gasteiger partial charge is 0.126 e. The van der Waals surface area contributed by atoms with E-state index < -0.39 is 0 Å². The second kappa shape index (κ2) is 7.45. The molecule has 0 saturated carbocycles. The number of fused-ring (bicyclic) bond motifs is 1. The van der Waals surface area contributed by atoms with Gasteiger partial charge >= 0.3 is 0 Å². The molecule has 3 aromatic rings. The molecule has 0 aliphatic carbocycles. The van der Waals surface area contributed by atoms with Crippen molar-refractivity contribution in [2.45, 2.75) is 32.9 Å². The highest BCUT2D eigenvalue weighted by molar-refractivity contribution is 5.65. The minimum atomic E-state index is -0.210. The lowest BCUT2D eigenvalue weighted by atomic mass is 10.0. The summed E-state index contributed by atoms with van der Waals surface area (Å²) in [5, 5.41) is 9.60. The number of aryl methyl sites for hydroxylation is 2. The lowest BCUT2D eigenvalue weighted by Crippen LogP contribution is -2.23. The molecule has 27 heavy (non-hydrogen) atoms. The number of nitrogens with zero attached hydrogens (tertiary/aromatic N) is 3. The first kappa shape index (κ1) is 17.6. The molecule has 1 N–H and O–H groups in total. The van der Waals surface area contributed by atoms with Gasteiger partial charge in [0.1, 0.15) is 17.4 Å². The van der Waals surface area contributed by atoms with Crippen molar-refractivity contribution in [3.05, 3.63) is 77.0 Å². The van der Waals surface area contributed by atoms with E-state index in [0.717, 1.165) is 66.4 Å². The molecule has 4 nitrogen and oxygen atoms in total. The van der Waals surface area contributed by atoms with Gasteiger partial charge in [-0.25, -0.2) is 14.4 Å². The van der Waals surface area contributed by atoms with Gasteiger partial charge in [-0.1, -0.05) is 12.1 Å². The van der Waals surface area contributed by atoms with Gasteiger partial charge in [-0.15, -0.1) is 0 Å². The maximum atomic E-state index is 13.2. The van der Waals surface area contributed by atoms with Crippen LogP contribution in [0.25, 0.3) is 11.3 Å². The number of rotatable bonds is 3. The molecule has 1 aromatic heterocycles. The molecule has 138 valence electrons. The number of phenolic OH excluding ortho intramolecular Hbond substituents is 1. The van der Waals surface area contributed by atoms with E-state index in [1.54, 1.807) is 12.1 Å². The van der Waals surface area contributed by atoms with Crippen molar-refractivity contribution in [2.75, 3.05) is 6.54 Å². The van der Waals surface area contributed by atoms with Gasteiger partial charge in [-0.2, -0.15) is 0 Å². The number of aromatic hydroxyl groups is 1. The first-order valence-electron chi connectivity index (χ1n) is 9.21. The quantitative estimate of drug-likeness (QED) is 0.756. The number of aromatic nitrogens is 2. The fourth-order valence-electron chi connectivity index (χ4n) is 3.64. The topological polar surface area (TPSA) is 49.3 Å². The number of halogens is 1. The Kier molecular flexibility index (Phi) is 4.86. The molecule has 0 atom stereocenters. The zero-order valence-corrected chi connectivity index (χ0v) is 15.3. The minimum absolute atomic E-state index is 0.210. The molecule has 1 aliphatic rings. The van der Waals surface area contributed by atoms with Gasteiger partial charge in [0.2, 0.25) is 0 Å². The summed E-state index contributed by atoms with van der Waals surface area (Å²) in [4.78, 5) is 11.8. The summed E-state index contributed by atoms with van der Waals surface area (Å²) in [5.74, 6) is 0.802. The van der Waals surface area contributed by atoms with E-state index in [-0.39, 0.29) is 11.6 Å². The molecule has 0 bridgehead atoms. The Morgan fingerprint density at radius 1 is 1.04 bits per heavy atom. The van der Waals surface area contributed by atoms with Crippen LogP contribution in [0.15, 0.2) is 48.5 Å². The first-order chi connectivity index (χ1) is 13.1. The fraction of sp³-hybridized carbons (Fsp3) is 0.273. The molecule has 0 fully saturated rings. The largest absolute Gasteiger partial charge is 0.508 e. The average Bonchev–Trinajstić information content (AvgIpc) is 2.85. The van der Waals surface area contributed by atoms with E-state index in [0.29, 0.717) is 0 Å². The molecule has 0 saturated heterocycles. The van der Waals surface area contributed by atoms with Crippen LogP contribution < -0.4 is 0 Å². The maximum absolute atomic E-state index is 13.2. The summed E-state index contributed by atoms with van der Waals surface area (Å²) in [5.41, 5.74) is 5.26. The Morgan fingerprint density at radius 3 is 2.52 bits per heavy atom. The lowest BCUT2D eigenvalue weighted by molar-refractivity contribution is 0.261. The monoisotopic (exact) mass is 363 g/mol. The van der Waals surface area contributed by atoms with Crippen LogP contribution in [0.3, 0.4) is 0 Å². The Labute approximate surface area is 158 Å². The Hall–Kier alpha value is -2.79. The highest BCUT2D eigenvalue weighted by Gasteiger charge is 2.21. The van der Waals surface area contributed by atoms with E-state index >= 15 is 0 Å². The van der Waals surface area contributed by atoms with E-state index in [1.165, 1.54) is 12.1 Å². The molecule has 4 rings (SSSR count). The molecule has 1 aliphatic heterocycles. The number of benzene rings is 2. The van der Waals surface area contributed by atoms with Gasteiger partial charge in [0.05, 0.1) is 5.69 Å². The van der Waals surface area contributed by atoms with Gasteiger partial charge in [-0.3, -0.25) is 4.90 Å². The second-order valence-electron chi connectivity index (χ2n) is 7.03. The van der Waals surface area contributed by atoms with Crippen LogP contribution >= 0.6 is 0 Å². The first-order valence-corrected chi connectivity index (χ1v) is 9.21. The third kappa shape index (κ3) is 3.98. The van der Waals surface area contributed by atoms with Crippen LogP contribution in [-0.4, -0.2) is 26.5 Å². The molecule has 0 radical (unpaired) electrons. The summed E-state index contributed by atoms with van der Waals surface area (Å²) in [6.07, 6.45) is 1.95. The number of hydrogen-bond acceptors (Lipinski definition) is 4. The molecular formula is C22H22FN3O. The van der Waals surface area contributed by atoms with Crippen LogP contribution in [0.1, 0.15) is 29.1 Å². The summed E-state index contributed by atoms with van der Waals surface area (Å²) in [6.45, 7) is 4.40. The highest BCUT2D eigenvalue weighted by Crippen LogP contribution is 2.29. The van der Waals surface area contributed by atoms with Crippen molar-refractivity contribution in [1.82, 2.24) is 14.9 Å². The number of phenols is 1. The van der Waals surface area contributed by atoms with E-state index in [9.17, 15) is 9.50 Å². The third-order valence-corrected chi connectivity index (χ3v) is 4.93. The summed E-state index contributed by atoms with van der Waals surface area (Å²) < 4.78 is 13.2. The highest BCUT2D eigenvalue weighted by atomic mass is 19.1. The summed E-state index contributed by atoms with van der Waals surface area (Å²) >= 11 is 0. The zero-order valence-electron chi connectivity index (χ0n) is 15.3. The van der Waals surface area contributed by atoms with E-state index in [2.05, 4.69) is 4.90 Å². The van der Waals surface area contributed by atoms with Crippen LogP contribution in [0.5, 0.6) is 5.75 Å². The van der Waals surface area contributed by atoms with Crippen LogP contribution in [0, 0.1) is 12.7 Å². The average molecular weight is 363 g/mol. The van der Waals surface area contributed by atoms with Gasteiger partial charge in [0.25, 0.3) is 0 Å². The predicted molar refractivity (Wildman–Crippen MR) is 103 cm³/mol. The Bertz CT molecular complexity index is 939. The van der Waals surface area contributed by atoms with E-state index in [1.807, 2.05) is 31.2 Å². The van der Waals surface area contributed by atoms with Crippen molar-refractivity contribution in [3.63, 3.8) is 0 Å². The molecule has 2 heterocycles. The SMILES string of the molecule is Cc1nc2c(c(-c3ccc(O)cc3)n1)CN(Cc1ccc(F)cc1)CCC2. The van der Waals surface area contributed by atoms with Crippen LogP contribution in [0.4, 0.5) is 4.39 Å². The van der Waals surface area contributed by atoms with Crippen molar-refractivity contribution in [2.24, 2.45) is 0 Å². The number of hydrogen-bond donors (Lipinski definition) is 1. The van der Waals surface area contributed by atoms with Crippen molar-refractivity contribution in [3.8, 4) is 17.0 Å². The van der Waals surface area contributed by atoms with Crippen molar-refractivity contribution < 1.29 is 9.50 Å². The molecule has 0 spiro atoms. The lowest BCUT2D eigenvalue weighted by Gasteiger charge is -2.22. The third-order valence-electron chi connectivity index (χ3n) is 4.93. The summed E-state index contributed by atoms with van der Waals surface area (Å²) in [7, 11) is 0. The Balaban J connectivity index is 1.68. The Morgan fingerprint density at radius 2 is 1.78 bits per heavy atom. The molecular weight excluding hydrogens is 341 g/mol. The molecule has 2 aromatic carbocycles. The maximum Gasteiger partial charge on any atom is 0.126 e. The predicted octanol–water partition coefficient (Wildman–Crippen LogP) is 4.25. The van der Waals surface area contributed by atoms with Crippen LogP contribution in [0.2, 0.25) is 0 Å². The normalized spacial score (nSPS) is 14.6. The fourth-order valence-corrected chi connectivity index (χ4v) is 3.64. The zero-order chi connectivity index (χ0) is 18.8. The van der Waals surface area contributed by atoms with Crippen molar-refractivity contribution in [1.29, 1.82) is 0 Å². The molecule has 5 heteroatoms. The molecule has 0 unspecified atom stereocenters. The summed E-state index contributed by atoms with van der Waals surface area (Å²) in [6, 6.07) is 13.9. The van der Waals surface area contributed by atoms with Crippen LogP contribution in [-0.2, 0) is 19.5 Å². The van der Waals surface area contributed by atoms with Gasteiger partial charge in [-0.05, 0) is 68.3 Å². The van der Waals surface area contributed by atoms with Gasteiger partial charge < -0.3 is 5.11 Å². The van der Waals surface area contributed by atoms with E-state index in [4.69, 9.17) is 9.97 Å². The molecule has 0 amide bonds.